The molecule has 0 N–H and O–H groups in total. The molecule has 0 spiro atoms. The van der Waals surface area contributed by atoms with Gasteiger partial charge in [-0.25, -0.2) is 0 Å². The third-order valence-corrected chi connectivity index (χ3v) is 4.63. The summed E-state index contributed by atoms with van der Waals surface area (Å²) in [5.41, 5.74) is 3.23. The molecule has 0 aliphatic heterocycles. The maximum absolute atomic E-state index is 12.6. The van der Waals surface area contributed by atoms with Crippen molar-refractivity contribution in [2.75, 3.05) is 21.3 Å². The molecule has 1 heterocycles. The van der Waals surface area contributed by atoms with E-state index in [4.69, 9.17) is 9.47 Å². The molecular weight excluding hydrogens is 342 g/mol. The Balaban J connectivity index is 1.63. The second-order valence-corrected chi connectivity index (χ2v) is 6.62. The highest BCUT2D eigenvalue weighted by Crippen LogP contribution is 2.28. The van der Waals surface area contributed by atoms with Crippen molar-refractivity contribution in [1.82, 2.24) is 14.7 Å². The number of fused-ring (bicyclic) bond motifs is 1. The number of methoxy groups -OCH3 is 2. The van der Waals surface area contributed by atoms with Gasteiger partial charge in [-0.3, -0.25) is 9.48 Å². The fraction of sp³-hybridized carbons (Fsp3) is 0.333. The lowest BCUT2D eigenvalue weighted by molar-refractivity contribution is -0.130. The zero-order valence-electron chi connectivity index (χ0n) is 16.2. The number of hydrogen-bond acceptors (Lipinski definition) is 4. The van der Waals surface area contributed by atoms with E-state index in [-0.39, 0.29) is 5.91 Å². The average molecular weight is 367 g/mol. The minimum Gasteiger partial charge on any atom is -0.493 e. The van der Waals surface area contributed by atoms with Crippen molar-refractivity contribution >= 4 is 16.8 Å². The Morgan fingerprint density at radius 3 is 2.63 bits per heavy atom. The Morgan fingerprint density at radius 2 is 1.89 bits per heavy atom. The largest absolute Gasteiger partial charge is 0.493 e. The lowest BCUT2D eigenvalue weighted by Gasteiger charge is -2.18. The van der Waals surface area contributed by atoms with E-state index < -0.39 is 0 Å². The molecule has 0 radical (unpaired) electrons. The van der Waals surface area contributed by atoms with Gasteiger partial charge in [-0.1, -0.05) is 18.2 Å². The first-order valence-electron chi connectivity index (χ1n) is 8.89. The number of nitrogens with zero attached hydrogens (tertiary/aromatic N) is 3. The third-order valence-electron chi connectivity index (χ3n) is 4.63. The van der Waals surface area contributed by atoms with Gasteiger partial charge >= 0.3 is 0 Å². The Morgan fingerprint density at radius 1 is 1.11 bits per heavy atom. The Hall–Kier alpha value is -3.02. The van der Waals surface area contributed by atoms with Gasteiger partial charge in [0.2, 0.25) is 5.91 Å². The van der Waals surface area contributed by atoms with Crippen molar-refractivity contribution in [3.63, 3.8) is 0 Å². The van der Waals surface area contributed by atoms with Gasteiger partial charge in [0.15, 0.2) is 11.5 Å². The van der Waals surface area contributed by atoms with Crippen LogP contribution >= 0.6 is 0 Å². The van der Waals surface area contributed by atoms with Gasteiger partial charge in [-0.15, -0.1) is 0 Å². The van der Waals surface area contributed by atoms with Crippen LogP contribution in [-0.4, -0.2) is 41.9 Å². The molecule has 3 aromatic rings. The molecule has 0 saturated heterocycles. The number of carbonyl (C=O) groups excluding carboxylic acids is 1. The first-order valence-corrected chi connectivity index (χ1v) is 8.89. The Labute approximate surface area is 159 Å². The van der Waals surface area contributed by atoms with Crippen LogP contribution in [0.5, 0.6) is 11.5 Å². The van der Waals surface area contributed by atoms with Crippen molar-refractivity contribution in [2.45, 2.75) is 26.4 Å². The summed E-state index contributed by atoms with van der Waals surface area (Å²) in [4.78, 5) is 14.3. The molecule has 142 valence electrons. The molecule has 0 fully saturated rings. The van der Waals surface area contributed by atoms with Crippen molar-refractivity contribution in [3.8, 4) is 11.5 Å². The summed E-state index contributed by atoms with van der Waals surface area (Å²) in [5, 5.41) is 5.50. The number of rotatable bonds is 7. The fourth-order valence-electron chi connectivity index (χ4n) is 3.09. The predicted octanol–water partition coefficient (Wildman–Crippen LogP) is 3.41. The quantitative estimate of drug-likeness (QED) is 0.642. The van der Waals surface area contributed by atoms with Crippen LogP contribution in [-0.2, 0) is 17.9 Å². The van der Waals surface area contributed by atoms with Crippen molar-refractivity contribution in [3.05, 3.63) is 53.7 Å². The van der Waals surface area contributed by atoms with E-state index in [9.17, 15) is 4.79 Å². The van der Waals surface area contributed by atoms with Gasteiger partial charge in [0.05, 0.1) is 32.5 Å². The Kier molecular flexibility index (Phi) is 5.64. The van der Waals surface area contributed by atoms with Gasteiger partial charge in [0, 0.05) is 25.4 Å². The van der Waals surface area contributed by atoms with Gasteiger partial charge in [0.25, 0.3) is 0 Å². The minimum absolute atomic E-state index is 0.0705. The first-order chi connectivity index (χ1) is 13.0. The van der Waals surface area contributed by atoms with E-state index in [2.05, 4.69) is 30.2 Å². The van der Waals surface area contributed by atoms with Crippen LogP contribution in [0.4, 0.5) is 0 Å². The number of carbonyl (C=O) groups is 1. The van der Waals surface area contributed by atoms with Gasteiger partial charge in [-0.2, -0.15) is 5.10 Å². The summed E-state index contributed by atoms with van der Waals surface area (Å²) in [6, 6.07) is 11.9. The van der Waals surface area contributed by atoms with Crippen molar-refractivity contribution in [2.24, 2.45) is 0 Å². The van der Waals surface area contributed by atoms with E-state index in [1.807, 2.05) is 36.1 Å². The van der Waals surface area contributed by atoms with Crippen LogP contribution in [0.15, 0.2) is 42.6 Å². The highest BCUT2D eigenvalue weighted by molar-refractivity contribution is 5.80. The molecule has 0 aliphatic carbocycles. The molecule has 6 heteroatoms. The number of benzene rings is 2. The fourth-order valence-corrected chi connectivity index (χ4v) is 3.09. The average Bonchev–Trinajstić information content (AvgIpc) is 3.07. The van der Waals surface area contributed by atoms with E-state index in [1.165, 1.54) is 5.56 Å². The van der Waals surface area contributed by atoms with Crippen LogP contribution < -0.4 is 9.47 Å². The van der Waals surface area contributed by atoms with Crippen LogP contribution in [0.3, 0.4) is 0 Å². The molecule has 3 rings (SSSR count). The van der Waals surface area contributed by atoms with Crippen LogP contribution in [0, 0.1) is 6.92 Å². The number of ether oxygens (including phenoxy) is 2. The highest BCUT2D eigenvalue weighted by atomic mass is 16.5. The standard InChI is InChI=1S/C21H25N3O3/c1-15-5-7-17-13-22-24(18(17)11-15)10-9-21(25)23(2)14-16-6-8-19(26-3)20(12-16)27-4/h5-8,11-13H,9-10,14H2,1-4H3. The maximum atomic E-state index is 12.6. The molecule has 0 unspecified atom stereocenters. The molecule has 0 saturated carbocycles. The molecule has 1 aromatic heterocycles. The molecule has 6 nitrogen and oxygen atoms in total. The molecular formula is C21H25N3O3. The molecule has 27 heavy (non-hydrogen) atoms. The van der Waals surface area contributed by atoms with E-state index in [1.54, 1.807) is 19.1 Å². The molecule has 0 aliphatic rings. The Bertz CT molecular complexity index is 949. The highest BCUT2D eigenvalue weighted by Gasteiger charge is 2.13. The van der Waals surface area contributed by atoms with Gasteiger partial charge in [0.1, 0.15) is 0 Å². The zero-order chi connectivity index (χ0) is 19.4. The van der Waals surface area contributed by atoms with Gasteiger partial charge in [-0.05, 0) is 36.2 Å². The predicted molar refractivity (Wildman–Crippen MR) is 105 cm³/mol. The number of amides is 1. The van der Waals surface area contributed by atoms with Crippen LogP contribution in [0.1, 0.15) is 17.5 Å². The normalized spacial score (nSPS) is 10.8. The molecule has 0 bridgehead atoms. The lowest BCUT2D eigenvalue weighted by atomic mass is 10.2. The smallest absolute Gasteiger partial charge is 0.224 e. The zero-order valence-corrected chi connectivity index (χ0v) is 16.2. The molecule has 1 amide bonds. The maximum Gasteiger partial charge on any atom is 0.224 e. The van der Waals surface area contributed by atoms with Gasteiger partial charge < -0.3 is 14.4 Å². The third kappa shape index (κ3) is 4.22. The minimum atomic E-state index is 0.0705. The van der Waals surface area contributed by atoms with E-state index in [0.29, 0.717) is 31.0 Å². The second kappa shape index (κ2) is 8.12. The van der Waals surface area contributed by atoms with Crippen LogP contribution in [0.25, 0.3) is 10.9 Å². The van der Waals surface area contributed by atoms with E-state index >= 15 is 0 Å². The van der Waals surface area contributed by atoms with Crippen molar-refractivity contribution < 1.29 is 14.3 Å². The monoisotopic (exact) mass is 367 g/mol. The summed E-state index contributed by atoms with van der Waals surface area (Å²) in [6.07, 6.45) is 2.24. The number of aromatic nitrogens is 2. The SMILES string of the molecule is COc1ccc(CN(C)C(=O)CCn2ncc3ccc(C)cc32)cc1OC. The van der Waals surface area contributed by atoms with Crippen molar-refractivity contribution in [1.29, 1.82) is 0 Å². The summed E-state index contributed by atoms with van der Waals surface area (Å²) in [6.45, 7) is 3.12. The van der Waals surface area contributed by atoms with Crippen LogP contribution in [0.2, 0.25) is 0 Å². The lowest BCUT2D eigenvalue weighted by Crippen LogP contribution is -2.27. The summed E-state index contributed by atoms with van der Waals surface area (Å²) in [5.74, 6) is 1.41. The number of hydrogen-bond donors (Lipinski definition) is 0. The number of aryl methyl sites for hydroxylation is 2. The second-order valence-electron chi connectivity index (χ2n) is 6.62. The molecule has 2 aromatic carbocycles. The van der Waals surface area contributed by atoms with E-state index in [0.717, 1.165) is 16.5 Å². The molecule has 0 atom stereocenters. The summed E-state index contributed by atoms with van der Waals surface area (Å²) < 4.78 is 12.5. The summed E-state index contributed by atoms with van der Waals surface area (Å²) >= 11 is 0. The topological polar surface area (TPSA) is 56.6 Å². The first kappa shape index (κ1) is 18.8. The summed E-state index contributed by atoms with van der Waals surface area (Å²) in [7, 11) is 5.02.